The topological polar surface area (TPSA) is 57.7 Å². The van der Waals surface area contributed by atoms with Gasteiger partial charge in [0.25, 0.3) is 0 Å². The number of rotatable bonds is 13. The van der Waals surface area contributed by atoms with Crippen LogP contribution in [0.4, 0.5) is 0 Å². The van der Waals surface area contributed by atoms with Crippen molar-refractivity contribution in [2.24, 2.45) is 11.8 Å². The van der Waals surface area contributed by atoms with Gasteiger partial charge in [-0.25, -0.2) is 0 Å². The highest BCUT2D eigenvalue weighted by Crippen LogP contribution is 2.13. The van der Waals surface area contributed by atoms with Crippen molar-refractivity contribution in [2.75, 3.05) is 26.7 Å². The van der Waals surface area contributed by atoms with Crippen molar-refractivity contribution in [3.05, 3.63) is 25.3 Å². The molecular weight excluding hydrogens is 316 g/mol. The van der Waals surface area contributed by atoms with Crippen molar-refractivity contribution in [1.29, 1.82) is 0 Å². The summed E-state index contributed by atoms with van der Waals surface area (Å²) in [4.78, 5) is 38.7. The molecule has 0 aromatic rings. The lowest BCUT2D eigenvalue weighted by atomic mass is 9.99. The summed E-state index contributed by atoms with van der Waals surface area (Å²) >= 11 is 0. The van der Waals surface area contributed by atoms with E-state index in [0.29, 0.717) is 26.1 Å². The molecule has 0 aliphatic heterocycles. The molecule has 25 heavy (non-hydrogen) atoms. The van der Waals surface area contributed by atoms with E-state index in [-0.39, 0.29) is 29.4 Å². The van der Waals surface area contributed by atoms with Crippen LogP contribution in [-0.2, 0) is 14.4 Å². The van der Waals surface area contributed by atoms with Crippen molar-refractivity contribution in [2.45, 2.75) is 46.5 Å². The lowest BCUT2D eigenvalue weighted by molar-refractivity contribution is -0.134. The summed E-state index contributed by atoms with van der Waals surface area (Å²) in [5, 5.41) is 0. The van der Waals surface area contributed by atoms with E-state index in [1.165, 1.54) is 12.2 Å². The van der Waals surface area contributed by atoms with E-state index in [2.05, 4.69) is 13.2 Å². The Bertz CT molecular complexity index is 472. The van der Waals surface area contributed by atoms with Gasteiger partial charge >= 0.3 is 0 Å². The molecule has 5 heteroatoms. The van der Waals surface area contributed by atoms with Crippen LogP contribution in [0.5, 0.6) is 0 Å². The van der Waals surface area contributed by atoms with Gasteiger partial charge in [-0.1, -0.05) is 33.9 Å². The second kappa shape index (κ2) is 12.5. The Morgan fingerprint density at radius 3 is 2.08 bits per heavy atom. The average molecular weight is 351 g/mol. The van der Waals surface area contributed by atoms with Gasteiger partial charge in [0.1, 0.15) is 0 Å². The Hall–Kier alpha value is -1.91. The van der Waals surface area contributed by atoms with Crippen molar-refractivity contribution in [3.8, 4) is 0 Å². The molecule has 0 radical (unpaired) electrons. The van der Waals surface area contributed by atoms with Gasteiger partial charge < -0.3 is 9.80 Å². The molecule has 2 amide bonds. The summed E-state index contributed by atoms with van der Waals surface area (Å²) in [6.45, 7) is 14.7. The number of hydrogen-bond acceptors (Lipinski definition) is 3. The Morgan fingerprint density at radius 2 is 1.56 bits per heavy atom. The maximum absolute atomic E-state index is 12.4. The van der Waals surface area contributed by atoms with Gasteiger partial charge in [0.2, 0.25) is 11.8 Å². The van der Waals surface area contributed by atoms with Crippen LogP contribution < -0.4 is 0 Å². The van der Waals surface area contributed by atoms with Crippen LogP contribution >= 0.6 is 0 Å². The molecule has 0 aliphatic rings. The van der Waals surface area contributed by atoms with E-state index in [9.17, 15) is 14.4 Å². The first kappa shape index (κ1) is 23.1. The molecule has 0 spiro atoms. The molecule has 0 unspecified atom stereocenters. The maximum atomic E-state index is 12.4. The number of carbonyl (C=O) groups is 3. The van der Waals surface area contributed by atoms with Crippen molar-refractivity contribution in [1.82, 2.24) is 9.80 Å². The van der Waals surface area contributed by atoms with E-state index in [0.717, 1.165) is 19.3 Å². The average Bonchev–Trinajstić information content (AvgIpc) is 2.58. The predicted octanol–water partition coefficient (Wildman–Crippen LogP) is 3.07. The highest BCUT2D eigenvalue weighted by molar-refractivity contribution is 5.89. The zero-order chi connectivity index (χ0) is 19.4. The van der Waals surface area contributed by atoms with Gasteiger partial charge in [-0.3, -0.25) is 14.4 Å². The van der Waals surface area contributed by atoms with Crippen LogP contribution in [0.2, 0.25) is 0 Å². The van der Waals surface area contributed by atoms with Crippen LogP contribution in [-0.4, -0.2) is 54.1 Å². The van der Waals surface area contributed by atoms with Crippen LogP contribution in [0.15, 0.2) is 25.3 Å². The molecule has 1 atom stereocenters. The third-order valence-electron chi connectivity index (χ3n) is 4.18. The quantitative estimate of drug-likeness (QED) is 0.480. The second-order valence-electron chi connectivity index (χ2n) is 6.92. The predicted molar refractivity (Wildman–Crippen MR) is 102 cm³/mol. The molecule has 0 aromatic carbocycles. The SMILES string of the molecule is C=CC(=O)C[C@H](C)CCCN(CCCN(C)C(=O)C=C)C(=O)C(C)C. The summed E-state index contributed by atoms with van der Waals surface area (Å²) in [5.74, 6) is 0.331. The Labute approximate surface area is 152 Å². The molecule has 0 bridgehead atoms. The Kier molecular flexibility index (Phi) is 11.5. The van der Waals surface area contributed by atoms with Gasteiger partial charge in [0, 0.05) is 39.0 Å². The maximum Gasteiger partial charge on any atom is 0.245 e. The van der Waals surface area contributed by atoms with E-state index in [1.807, 2.05) is 25.7 Å². The van der Waals surface area contributed by atoms with Gasteiger partial charge in [0.05, 0.1) is 0 Å². The van der Waals surface area contributed by atoms with E-state index >= 15 is 0 Å². The molecule has 0 saturated heterocycles. The summed E-state index contributed by atoms with van der Waals surface area (Å²) in [5.41, 5.74) is 0. The van der Waals surface area contributed by atoms with E-state index in [1.54, 1.807) is 11.9 Å². The number of likely N-dealkylation sites (N-methyl/N-ethyl adjacent to an activating group) is 1. The minimum Gasteiger partial charge on any atom is -0.342 e. The molecule has 0 saturated carbocycles. The monoisotopic (exact) mass is 350 g/mol. The smallest absolute Gasteiger partial charge is 0.245 e. The molecule has 5 nitrogen and oxygen atoms in total. The summed E-state index contributed by atoms with van der Waals surface area (Å²) < 4.78 is 0. The summed E-state index contributed by atoms with van der Waals surface area (Å²) in [6.07, 6.45) is 5.67. The fourth-order valence-electron chi connectivity index (χ4n) is 2.62. The van der Waals surface area contributed by atoms with Crippen LogP contribution in [0.25, 0.3) is 0 Å². The largest absolute Gasteiger partial charge is 0.342 e. The first-order chi connectivity index (χ1) is 11.7. The zero-order valence-electron chi connectivity index (χ0n) is 16.3. The number of allylic oxidation sites excluding steroid dienone is 1. The molecule has 0 fully saturated rings. The van der Waals surface area contributed by atoms with Crippen molar-refractivity contribution >= 4 is 17.6 Å². The molecular formula is C20H34N2O3. The molecule has 0 N–H and O–H groups in total. The van der Waals surface area contributed by atoms with Crippen molar-refractivity contribution < 1.29 is 14.4 Å². The fourth-order valence-corrected chi connectivity index (χ4v) is 2.62. The fraction of sp³-hybridized carbons (Fsp3) is 0.650. The minimum atomic E-state index is -0.109. The zero-order valence-corrected chi connectivity index (χ0v) is 16.3. The molecule has 142 valence electrons. The second-order valence-corrected chi connectivity index (χ2v) is 6.92. The Morgan fingerprint density at radius 1 is 0.960 bits per heavy atom. The standard InChI is InChI=1S/C20H34N2O3/c1-7-18(23)15-17(5)11-9-13-22(20(25)16(3)4)14-10-12-21(6)19(24)8-2/h7-8,16-17H,1-2,9-15H2,3-6H3/t17-/m1/s1. The lowest BCUT2D eigenvalue weighted by Gasteiger charge is -2.26. The summed E-state index contributed by atoms with van der Waals surface area (Å²) in [7, 11) is 1.73. The van der Waals surface area contributed by atoms with E-state index < -0.39 is 0 Å². The number of nitrogens with zero attached hydrogens (tertiary/aromatic N) is 2. The van der Waals surface area contributed by atoms with Crippen LogP contribution in [0, 0.1) is 11.8 Å². The van der Waals surface area contributed by atoms with Gasteiger partial charge in [-0.2, -0.15) is 0 Å². The minimum absolute atomic E-state index is 0.0488. The highest BCUT2D eigenvalue weighted by atomic mass is 16.2. The third-order valence-corrected chi connectivity index (χ3v) is 4.18. The summed E-state index contributed by atoms with van der Waals surface area (Å²) in [6, 6.07) is 0. The molecule has 0 rings (SSSR count). The van der Waals surface area contributed by atoms with Crippen LogP contribution in [0.1, 0.15) is 46.5 Å². The molecule has 0 aliphatic carbocycles. The van der Waals surface area contributed by atoms with Gasteiger partial charge in [-0.05, 0) is 37.3 Å². The number of hydrogen-bond donors (Lipinski definition) is 0. The van der Waals surface area contributed by atoms with E-state index in [4.69, 9.17) is 0 Å². The molecule has 0 heterocycles. The van der Waals surface area contributed by atoms with Crippen LogP contribution in [0.3, 0.4) is 0 Å². The third kappa shape index (κ3) is 9.85. The highest BCUT2D eigenvalue weighted by Gasteiger charge is 2.17. The van der Waals surface area contributed by atoms with Gasteiger partial charge in [-0.15, -0.1) is 0 Å². The number of carbonyl (C=O) groups excluding carboxylic acids is 3. The normalized spacial score (nSPS) is 11.7. The first-order valence-electron chi connectivity index (χ1n) is 9.04. The molecule has 0 aromatic heterocycles. The lowest BCUT2D eigenvalue weighted by Crippen LogP contribution is -2.37. The van der Waals surface area contributed by atoms with Gasteiger partial charge in [0.15, 0.2) is 5.78 Å². The Balaban J connectivity index is 4.42. The number of amides is 2. The van der Waals surface area contributed by atoms with Crippen molar-refractivity contribution in [3.63, 3.8) is 0 Å². The first-order valence-corrected chi connectivity index (χ1v) is 9.04. The number of ketones is 1.